The van der Waals surface area contributed by atoms with E-state index in [1.54, 1.807) is 0 Å². The zero-order valence-electron chi connectivity index (χ0n) is 8.23. The van der Waals surface area contributed by atoms with E-state index < -0.39 is 21.7 Å². The molecule has 1 saturated heterocycles. The maximum Gasteiger partial charge on any atom is 0.243 e. The van der Waals surface area contributed by atoms with E-state index in [0.717, 1.165) is 16.4 Å². The standard InChI is InChI=1S/C9H10F2N2O2S/c10-6-1-7(11)3-9(2-6)16(14,15)13-4-8(12)5-13/h1-3,8H,4-5,12H2. The molecule has 4 nitrogen and oxygen atoms in total. The minimum absolute atomic E-state index is 0.181. The average molecular weight is 248 g/mol. The Morgan fingerprint density at radius 2 is 1.69 bits per heavy atom. The zero-order chi connectivity index (χ0) is 11.9. The summed E-state index contributed by atoms with van der Waals surface area (Å²) in [6, 6.07) is 2.01. The lowest BCUT2D eigenvalue weighted by Gasteiger charge is -2.35. The van der Waals surface area contributed by atoms with Crippen molar-refractivity contribution in [2.24, 2.45) is 5.73 Å². The van der Waals surface area contributed by atoms with Crippen molar-refractivity contribution >= 4 is 10.0 Å². The van der Waals surface area contributed by atoms with Crippen molar-refractivity contribution in [2.45, 2.75) is 10.9 Å². The van der Waals surface area contributed by atoms with Gasteiger partial charge in [-0.3, -0.25) is 0 Å². The van der Waals surface area contributed by atoms with Crippen molar-refractivity contribution in [1.29, 1.82) is 0 Å². The van der Waals surface area contributed by atoms with Crippen molar-refractivity contribution in [2.75, 3.05) is 13.1 Å². The maximum absolute atomic E-state index is 12.9. The largest absolute Gasteiger partial charge is 0.325 e. The number of nitrogens with zero attached hydrogens (tertiary/aromatic N) is 1. The van der Waals surface area contributed by atoms with E-state index in [9.17, 15) is 17.2 Å². The first-order valence-corrected chi connectivity index (χ1v) is 6.05. The molecule has 0 atom stereocenters. The topological polar surface area (TPSA) is 63.4 Å². The van der Waals surface area contributed by atoms with Gasteiger partial charge in [0.2, 0.25) is 10.0 Å². The third-order valence-corrected chi connectivity index (χ3v) is 4.16. The molecule has 2 rings (SSSR count). The third-order valence-electron chi connectivity index (χ3n) is 2.35. The first kappa shape index (κ1) is 11.4. The summed E-state index contributed by atoms with van der Waals surface area (Å²) in [5.41, 5.74) is 5.45. The quantitative estimate of drug-likeness (QED) is 0.818. The second-order valence-electron chi connectivity index (χ2n) is 3.69. The van der Waals surface area contributed by atoms with Crippen LogP contribution < -0.4 is 5.73 Å². The minimum Gasteiger partial charge on any atom is -0.325 e. The number of rotatable bonds is 2. The highest BCUT2D eigenvalue weighted by molar-refractivity contribution is 7.89. The van der Waals surface area contributed by atoms with E-state index >= 15 is 0 Å². The van der Waals surface area contributed by atoms with Crippen molar-refractivity contribution in [3.05, 3.63) is 29.8 Å². The van der Waals surface area contributed by atoms with Crippen LogP contribution in [0.3, 0.4) is 0 Å². The van der Waals surface area contributed by atoms with E-state index in [2.05, 4.69) is 0 Å². The molecule has 2 N–H and O–H groups in total. The van der Waals surface area contributed by atoms with Crippen LogP contribution in [0.25, 0.3) is 0 Å². The van der Waals surface area contributed by atoms with Crippen molar-refractivity contribution in [3.8, 4) is 0 Å². The van der Waals surface area contributed by atoms with Gasteiger partial charge in [-0.25, -0.2) is 17.2 Å². The van der Waals surface area contributed by atoms with Crippen LogP contribution in [-0.4, -0.2) is 31.9 Å². The molecule has 7 heteroatoms. The predicted octanol–water partition coefficient (Wildman–Crippen LogP) is 0.296. The summed E-state index contributed by atoms with van der Waals surface area (Å²) in [5, 5.41) is 0. The Hall–Kier alpha value is -1.05. The highest BCUT2D eigenvalue weighted by atomic mass is 32.2. The molecule has 0 saturated carbocycles. The summed E-state index contributed by atoms with van der Waals surface area (Å²) in [4.78, 5) is -0.378. The average Bonchev–Trinajstić information content (AvgIpc) is 2.11. The van der Waals surface area contributed by atoms with E-state index in [-0.39, 0.29) is 24.0 Å². The molecule has 16 heavy (non-hydrogen) atoms. The Bertz CT molecular complexity index is 492. The molecule has 0 radical (unpaired) electrons. The summed E-state index contributed by atoms with van der Waals surface area (Å²) in [6.07, 6.45) is 0. The lowest BCUT2D eigenvalue weighted by molar-refractivity contribution is 0.265. The van der Waals surface area contributed by atoms with Gasteiger partial charge in [0.1, 0.15) is 11.6 Å². The predicted molar refractivity (Wildman–Crippen MR) is 53.1 cm³/mol. The molecule has 1 aromatic rings. The van der Waals surface area contributed by atoms with E-state index in [1.807, 2.05) is 0 Å². The molecule has 1 heterocycles. The summed E-state index contributed by atoms with van der Waals surface area (Å²) in [7, 11) is -3.81. The van der Waals surface area contributed by atoms with Crippen LogP contribution in [0.2, 0.25) is 0 Å². The van der Waals surface area contributed by atoms with Crippen LogP contribution in [0, 0.1) is 11.6 Å². The molecule has 1 aromatic carbocycles. The zero-order valence-corrected chi connectivity index (χ0v) is 9.05. The summed E-state index contributed by atoms with van der Waals surface area (Å²) in [6.45, 7) is 0.362. The Balaban J connectivity index is 2.36. The fourth-order valence-corrected chi connectivity index (χ4v) is 3.09. The highest BCUT2D eigenvalue weighted by Gasteiger charge is 2.35. The van der Waals surface area contributed by atoms with E-state index in [0.29, 0.717) is 6.07 Å². The molecule has 0 spiro atoms. The summed E-state index contributed by atoms with van der Waals surface area (Å²) in [5.74, 6) is -1.83. The van der Waals surface area contributed by atoms with Gasteiger partial charge in [-0.05, 0) is 12.1 Å². The Morgan fingerprint density at radius 1 is 1.19 bits per heavy atom. The summed E-state index contributed by atoms with van der Waals surface area (Å²) < 4.78 is 50.4. The molecule has 0 bridgehead atoms. The number of halogens is 2. The van der Waals surface area contributed by atoms with E-state index in [4.69, 9.17) is 5.73 Å². The SMILES string of the molecule is NC1CN(S(=O)(=O)c2cc(F)cc(F)c2)C1. The molecule has 0 unspecified atom stereocenters. The minimum atomic E-state index is -3.81. The van der Waals surface area contributed by atoms with Gasteiger partial charge in [-0.2, -0.15) is 4.31 Å². The van der Waals surface area contributed by atoms with Crippen molar-refractivity contribution in [1.82, 2.24) is 4.31 Å². The van der Waals surface area contributed by atoms with Crippen LogP contribution in [0.4, 0.5) is 8.78 Å². The molecule has 88 valence electrons. The first-order chi connectivity index (χ1) is 7.39. The van der Waals surface area contributed by atoms with Crippen molar-refractivity contribution in [3.63, 3.8) is 0 Å². The molecular weight excluding hydrogens is 238 g/mol. The van der Waals surface area contributed by atoms with Gasteiger partial charge in [0.25, 0.3) is 0 Å². The van der Waals surface area contributed by atoms with Gasteiger partial charge in [0, 0.05) is 25.2 Å². The van der Waals surface area contributed by atoms with Gasteiger partial charge in [0.05, 0.1) is 4.90 Å². The van der Waals surface area contributed by atoms with E-state index in [1.165, 1.54) is 0 Å². The Labute approximate surface area is 91.7 Å². The molecule has 0 aliphatic carbocycles. The first-order valence-electron chi connectivity index (χ1n) is 4.61. The van der Waals surface area contributed by atoms with Crippen LogP contribution in [0.1, 0.15) is 0 Å². The van der Waals surface area contributed by atoms with Crippen LogP contribution >= 0.6 is 0 Å². The van der Waals surface area contributed by atoms with Gasteiger partial charge in [0.15, 0.2) is 0 Å². The van der Waals surface area contributed by atoms with Gasteiger partial charge >= 0.3 is 0 Å². The van der Waals surface area contributed by atoms with Crippen LogP contribution in [0.5, 0.6) is 0 Å². The normalized spacial score (nSPS) is 18.4. The molecular formula is C9H10F2N2O2S. The fraction of sp³-hybridized carbons (Fsp3) is 0.333. The fourth-order valence-electron chi connectivity index (χ4n) is 1.49. The number of hydrogen-bond donors (Lipinski definition) is 1. The number of sulfonamides is 1. The molecule has 0 aromatic heterocycles. The smallest absolute Gasteiger partial charge is 0.243 e. The Kier molecular flexibility index (Phi) is 2.69. The molecule has 0 amide bonds. The number of benzene rings is 1. The van der Waals surface area contributed by atoms with Gasteiger partial charge in [-0.15, -0.1) is 0 Å². The molecule has 1 fully saturated rings. The maximum atomic E-state index is 12.9. The Morgan fingerprint density at radius 3 is 2.12 bits per heavy atom. The number of nitrogens with two attached hydrogens (primary N) is 1. The summed E-state index contributed by atoms with van der Waals surface area (Å²) >= 11 is 0. The third kappa shape index (κ3) is 1.93. The second kappa shape index (κ2) is 3.76. The highest BCUT2D eigenvalue weighted by Crippen LogP contribution is 2.22. The van der Waals surface area contributed by atoms with Gasteiger partial charge < -0.3 is 5.73 Å². The van der Waals surface area contributed by atoms with Crippen LogP contribution in [0.15, 0.2) is 23.1 Å². The van der Waals surface area contributed by atoms with Crippen LogP contribution in [-0.2, 0) is 10.0 Å². The lowest BCUT2D eigenvalue weighted by Crippen LogP contribution is -2.57. The monoisotopic (exact) mass is 248 g/mol. The molecule has 1 aliphatic rings. The van der Waals surface area contributed by atoms with Gasteiger partial charge in [-0.1, -0.05) is 0 Å². The van der Waals surface area contributed by atoms with Crippen molar-refractivity contribution < 1.29 is 17.2 Å². The second-order valence-corrected chi connectivity index (χ2v) is 5.63. The molecule has 1 aliphatic heterocycles. The number of hydrogen-bond acceptors (Lipinski definition) is 3. The lowest BCUT2D eigenvalue weighted by atomic mass is 10.2.